The summed E-state index contributed by atoms with van der Waals surface area (Å²) in [4.78, 5) is 14.6. The number of methoxy groups -OCH3 is 2. The Bertz CT molecular complexity index is 702. The predicted octanol–water partition coefficient (Wildman–Crippen LogP) is 2.92. The van der Waals surface area contributed by atoms with Gasteiger partial charge in [0.25, 0.3) is 5.91 Å². The minimum atomic E-state index is -0.0935. The third-order valence-electron chi connectivity index (χ3n) is 4.16. The molecule has 1 atom stereocenters. The molecule has 0 radical (unpaired) electrons. The van der Waals surface area contributed by atoms with Crippen molar-refractivity contribution in [1.82, 2.24) is 4.90 Å². The number of nitrogens with zero attached hydrogens (tertiary/aromatic N) is 1. The van der Waals surface area contributed by atoms with Crippen LogP contribution in [0.2, 0.25) is 0 Å². The highest BCUT2D eigenvalue weighted by atomic mass is 16.5. The molecule has 1 aliphatic rings. The van der Waals surface area contributed by atoms with E-state index < -0.39 is 0 Å². The van der Waals surface area contributed by atoms with E-state index in [1.54, 1.807) is 32.4 Å². The van der Waals surface area contributed by atoms with Crippen molar-refractivity contribution in [3.05, 3.63) is 59.7 Å². The molecule has 1 amide bonds. The number of ether oxygens (including phenoxy) is 3. The van der Waals surface area contributed by atoms with Crippen LogP contribution < -0.4 is 9.47 Å². The number of morpholine rings is 1. The first-order valence-electron chi connectivity index (χ1n) is 7.90. The molecule has 1 heterocycles. The standard InChI is InChI=1S/C19H21NO4/c1-22-16-9-8-15(12-17(16)23-2)19(21)20-10-11-24-18(13-20)14-6-4-3-5-7-14/h3-9,12,18H,10-11,13H2,1-2H3. The van der Waals surface area contributed by atoms with Crippen molar-refractivity contribution in [2.24, 2.45) is 0 Å². The zero-order valence-corrected chi connectivity index (χ0v) is 13.9. The van der Waals surface area contributed by atoms with Gasteiger partial charge in [-0.25, -0.2) is 0 Å². The van der Waals surface area contributed by atoms with E-state index in [1.165, 1.54) is 0 Å². The van der Waals surface area contributed by atoms with Crippen LogP contribution in [0.5, 0.6) is 11.5 Å². The number of hydrogen-bond donors (Lipinski definition) is 0. The molecule has 0 spiro atoms. The maximum Gasteiger partial charge on any atom is 0.254 e. The highest BCUT2D eigenvalue weighted by Gasteiger charge is 2.26. The molecule has 0 saturated carbocycles. The van der Waals surface area contributed by atoms with Crippen LogP contribution in [0.15, 0.2) is 48.5 Å². The molecular weight excluding hydrogens is 306 g/mol. The van der Waals surface area contributed by atoms with Gasteiger partial charge in [-0.05, 0) is 23.8 Å². The molecule has 126 valence electrons. The highest BCUT2D eigenvalue weighted by Crippen LogP contribution is 2.29. The molecule has 1 saturated heterocycles. The van der Waals surface area contributed by atoms with E-state index in [4.69, 9.17) is 14.2 Å². The smallest absolute Gasteiger partial charge is 0.254 e. The lowest BCUT2D eigenvalue weighted by atomic mass is 10.1. The monoisotopic (exact) mass is 327 g/mol. The van der Waals surface area contributed by atoms with Crippen LogP contribution in [0, 0.1) is 0 Å². The highest BCUT2D eigenvalue weighted by molar-refractivity contribution is 5.95. The Morgan fingerprint density at radius 3 is 2.54 bits per heavy atom. The zero-order valence-electron chi connectivity index (χ0n) is 13.9. The number of rotatable bonds is 4. The van der Waals surface area contributed by atoms with E-state index in [0.717, 1.165) is 5.56 Å². The first kappa shape index (κ1) is 16.3. The van der Waals surface area contributed by atoms with Crippen LogP contribution in [-0.4, -0.2) is 44.7 Å². The molecule has 24 heavy (non-hydrogen) atoms. The lowest BCUT2D eigenvalue weighted by molar-refractivity contribution is -0.0228. The van der Waals surface area contributed by atoms with Gasteiger partial charge in [-0.15, -0.1) is 0 Å². The second-order valence-electron chi connectivity index (χ2n) is 5.59. The fourth-order valence-corrected chi connectivity index (χ4v) is 2.85. The third kappa shape index (κ3) is 3.36. The quantitative estimate of drug-likeness (QED) is 0.866. The van der Waals surface area contributed by atoms with Crippen molar-refractivity contribution >= 4 is 5.91 Å². The van der Waals surface area contributed by atoms with Gasteiger partial charge >= 0.3 is 0 Å². The van der Waals surface area contributed by atoms with Gasteiger partial charge in [0.05, 0.1) is 27.4 Å². The summed E-state index contributed by atoms with van der Waals surface area (Å²) in [5.74, 6) is 1.13. The molecule has 3 rings (SSSR count). The summed E-state index contributed by atoms with van der Waals surface area (Å²) in [6.07, 6.45) is -0.0935. The van der Waals surface area contributed by atoms with Gasteiger partial charge in [0.1, 0.15) is 6.10 Å². The first-order chi connectivity index (χ1) is 11.7. The Morgan fingerprint density at radius 1 is 1.08 bits per heavy atom. The Kier molecular flexibility index (Phi) is 5.01. The average Bonchev–Trinajstić information content (AvgIpc) is 2.67. The third-order valence-corrected chi connectivity index (χ3v) is 4.16. The number of benzene rings is 2. The lowest BCUT2D eigenvalue weighted by Gasteiger charge is -2.33. The van der Waals surface area contributed by atoms with Crippen LogP contribution in [0.25, 0.3) is 0 Å². The van der Waals surface area contributed by atoms with Gasteiger partial charge in [0.2, 0.25) is 0 Å². The van der Waals surface area contributed by atoms with E-state index in [1.807, 2.05) is 35.2 Å². The van der Waals surface area contributed by atoms with Crippen molar-refractivity contribution in [2.45, 2.75) is 6.10 Å². The minimum absolute atomic E-state index is 0.0276. The van der Waals surface area contributed by atoms with Crippen molar-refractivity contribution in [3.63, 3.8) is 0 Å². The largest absolute Gasteiger partial charge is 0.493 e. The summed E-state index contributed by atoms with van der Waals surface area (Å²) in [6, 6.07) is 15.2. The Morgan fingerprint density at radius 2 is 1.83 bits per heavy atom. The van der Waals surface area contributed by atoms with Crippen LogP contribution >= 0.6 is 0 Å². The van der Waals surface area contributed by atoms with E-state index >= 15 is 0 Å². The summed E-state index contributed by atoms with van der Waals surface area (Å²) >= 11 is 0. The predicted molar refractivity (Wildman–Crippen MR) is 90.6 cm³/mol. The Balaban J connectivity index is 1.77. The average molecular weight is 327 g/mol. The van der Waals surface area contributed by atoms with Crippen LogP contribution in [0.3, 0.4) is 0 Å². The van der Waals surface area contributed by atoms with Gasteiger partial charge < -0.3 is 19.1 Å². The maximum absolute atomic E-state index is 12.8. The number of amides is 1. The summed E-state index contributed by atoms with van der Waals surface area (Å²) in [7, 11) is 3.14. The van der Waals surface area contributed by atoms with Crippen LogP contribution in [-0.2, 0) is 4.74 Å². The summed E-state index contributed by atoms with van der Waals surface area (Å²) in [6.45, 7) is 1.65. The topological polar surface area (TPSA) is 48.0 Å². The summed E-state index contributed by atoms with van der Waals surface area (Å²) < 4.78 is 16.3. The van der Waals surface area contributed by atoms with Gasteiger partial charge in [0, 0.05) is 12.1 Å². The summed E-state index contributed by atoms with van der Waals surface area (Å²) in [5.41, 5.74) is 1.67. The molecule has 0 bridgehead atoms. The molecule has 1 fully saturated rings. The van der Waals surface area contributed by atoms with E-state index in [9.17, 15) is 4.79 Å². The zero-order chi connectivity index (χ0) is 16.9. The molecular formula is C19H21NO4. The van der Waals surface area contributed by atoms with Gasteiger partial charge in [0.15, 0.2) is 11.5 Å². The normalized spacial score (nSPS) is 17.4. The van der Waals surface area contributed by atoms with Gasteiger partial charge in [-0.2, -0.15) is 0 Å². The van der Waals surface area contributed by atoms with E-state index in [-0.39, 0.29) is 12.0 Å². The Labute approximate surface area is 141 Å². The molecule has 0 aromatic heterocycles. The first-order valence-corrected chi connectivity index (χ1v) is 7.90. The van der Waals surface area contributed by atoms with Crippen molar-refractivity contribution in [1.29, 1.82) is 0 Å². The van der Waals surface area contributed by atoms with Crippen LogP contribution in [0.1, 0.15) is 22.0 Å². The second-order valence-corrected chi connectivity index (χ2v) is 5.59. The molecule has 5 heteroatoms. The minimum Gasteiger partial charge on any atom is -0.493 e. The van der Waals surface area contributed by atoms with E-state index in [0.29, 0.717) is 36.8 Å². The van der Waals surface area contributed by atoms with E-state index in [2.05, 4.69) is 0 Å². The number of hydrogen-bond acceptors (Lipinski definition) is 4. The summed E-state index contributed by atoms with van der Waals surface area (Å²) in [5, 5.41) is 0. The molecule has 0 aliphatic carbocycles. The van der Waals surface area contributed by atoms with Crippen LogP contribution in [0.4, 0.5) is 0 Å². The molecule has 0 N–H and O–H groups in total. The van der Waals surface area contributed by atoms with Gasteiger partial charge in [-0.3, -0.25) is 4.79 Å². The molecule has 1 aliphatic heterocycles. The SMILES string of the molecule is COc1ccc(C(=O)N2CCOC(c3ccccc3)C2)cc1OC. The van der Waals surface area contributed by atoms with Crippen molar-refractivity contribution in [3.8, 4) is 11.5 Å². The maximum atomic E-state index is 12.8. The van der Waals surface area contributed by atoms with Gasteiger partial charge in [-0.1, -0.05) is 30.3 Å². The number of carbonyl (C=O) groups excluding carboxylic acids is 1. The number of carbonyl (C=O) groups is 1. The molecule has 2 aromatic carbocycles. The fraction of sp³-hybridized carbons (Fsp3) is 0.316. The molecule has 1 unspecified atom stereocenters. The van der Waals surface area contributed by atoms with Crippen molar-refractivity contribution < 1.29 is 19.0 Å². The lowest BCUT2D eigenvalue weighted by Crippen LogP contribution is -2.42. The Hall–Kier alpha value is -2.53. The van der Waals surface area contributed by atoms with Crippen molar-refractivity contribution in [2.75, 3.05) is 33.9 Å². The fourth-order valence-electron chi connectivity index (χ4n) is 2.85. The molecule has 5 nitrogen and oxygen atoms in total. The molecule has 2 aromatic rings. The second kappa shape index (κ2) is 7.36.